The normalized spacial score (nSPS) is 15.0. The Kier molecular flexibility index (Phi) is 6.03. The van der Waals surface area contributed by atoms with Crippen molar-refractivity contribution in [3.63, 3.8) is 0 Å². The molecule has 0 aliphatic carbocycles. The second-order valence-electron chi connectivity index (χ2n) is 6.24. The Bertz CT molecular complexity index is 655. The quantitative estimate of drug-likeness (QED) is 0.798. The first-order valence-corrected chi connectivity index (χ1v) is 8.61. The fourth-order valence-corrected chi connectivity index (χ4v) is 2.68. The number of nitrogens with zero attached hydrogens (tertiary/aromatic N) is 4. The molecule has 1 aromatic heterocycles. The van der Waals surface area contributed by atoms with Crippen molar-refractivity contribution in [2.45, 2.75) is 0 Å². The van der Waals surface area contributed by atoms with Crippen molar-refractivity contribution in [3.05, 3.63) is 36.7 Å². The van der Waals surface area contributed by atoms with Gasteiger partial charge in [0.1, 0.15) is 18.0 Å². The second kappa shape index (κ2) is 8.64. The lowest BCUT2D eigenvalue weighted by molar-refractivity contribution is 0.0398. The van der Waals surface area contributed by atoms with Crippen LogP contribution in [-0.4, -0.2) is 68.4 Å². The van der Waals surface area contributed by atoms with E-state index < -0.39 is 0 Å². The zero-order valence-electron chi connectivity index (χ0n) is 14.9. The highest BCUT2D eigenvalue weighted by Crippen LogP contribution is 2.19. The number of hydrogen-bond donors (Lipinski definition) is 2. The minimum absolute atomic E-state index is 0.779. The highest BCUT2D eigenvalue weighted by molar-refractivity contribution is 5.62. The Hall–Kier alpha value is -2.38. The molecule has 2 aromatic rings. The number of morpholine rings is 1. The van der Waals surface area contributed by atoms with E-state index in [0.717, 1.165) is 56.7 Å². The van der Waals surface area contributed by atoms with E-state index in [9.17, 15) is 0 Å². The number of nitrogens with one attached hydrogen (secondary N) is 2. The second-order valence-corrected chi connectivity index (χ2v) is 6.24. The van der Waals surface area contributed by atoms with Crippen LogP contribution < -0.4 is 15.5 Å². The number of ether oxygens (including phenoxy) is 1. The van der Waals surface area contributed by atoms with Gasteiger partial charge in [0.05, 0.1) is 13.2 Å². The lowest BCUT2D eigenvalue weighted by atomic mass is 10.2. The van der Waals surface area contributed by atoms with Gasteiger partial charge in [-0.15, -0.1) is 0 Å². The molecule has 25 heavy (non-hydrogen) atoms. The van der Waals surface area contributed by atoms with Crippen molar-refractivity contribution in [1.82, 2.24) is 14.9 Å². The molecule has 3 rings (SSSR count). The van der Waals surface area contributed by atoms with Gasteiger partial charge in [0, 0.05) is 57.7 Å². The van der Waals surface area contributed by atoms with Crippen LogP contribution in [0.2, 0.25) is 0 Å². The van der Waals surface area contributed by atoms with Crippen molar-refractivity contribution in [2.24, 2.45) is 0 Å². The smallest absolute Gasteiger partial charge is 0.135 e. The van der Waals surface area contributed by atoms with Crippen molar-refractivity contribution in [2.75, 3.05) is 69.0 Å². The van der Waals surface area contributed by atoms with E-state index in [1.54, 1.807) is 6.33 Å². The Balaban J connectivity index is 1.52. The third-order valence-electron chi connectivity index (χ3n) is 4.16. The molecule has 0 bridgehead atoms. The molecule has 0 atom stereocenters. The van der Waals surface area contributed by atoms with E-state index in [1.807, 2.05) is 32.3 Å². The van der Waals surface area contributed by atoms with Crippen LogP contribution in [-0.2, 0) is 4.74 Å². The van der Waals surface area contributed by atoms with E-state index in [4.69, 9.17) is 4.74 Å². The summed E-state index contributed by atoms with van der Waals surface area (Å²) in [4.78, 5) is 13.0. The highest BCUT2D eigenvalue weighted by atomic mass is 16.5. The first-order valence-electron chi connectivity index (χ1n) is 8.61. The molecule has 1 saturated heterocycles. The summed E-state index contributed by atoms with van der Waals surface area (Å²) in [5, 5.41) is 6.68. The fraction of sp³-hybridized carbons (Fsp3) is 0.444. The molecule has 2 heterocycles. The van der Waals surface area contributed by atoms with Crippen molar-refractivity contribution in [3.8, 4) is 0 Å². The van der Waals surface area contributed by atoms with Crippen LogP contribution in [0.25, 0.3) is 0 Å². The van der Waals surface area contributed by atoms with E-state index in [1.165, 1.54) is 5.69 Å². The molecule has 7 nitrogen and oxygen atoms in total. The standard InChI is InChI=1S/C18H26N6O/c1-23(2)16-5-3-15(4-6-16)22-18-13-17(20-14-21-18)19-7-8-24-9-11-25-12-10-24/h3-6,13-14H,7-12H2,1-2H3,(H2,19,20,21,22). The molecule has 1 aromatic carbocycles. The highest BCUT2D eigenvalue weighted by Gasteiger charge is 2.09. The number of aromatic nitrogens is 2. The topological polar surface area (TPSA) is 65.5 Å². The lowest BCUT2D eigenvalue weighted by Crippen LogP contribution is -2.39. The SMILES string of the molecule is CN(C)c1ccc(Nc2cc(NCCN3CCOCC3)ncn2)cc1. The van der Waals surface area contributed by atoms with Crippen LogP contribution in [0.1, 0.15) is 0 Å². The zero-order valence-corrected chi connectivity index (χ0v) is 14.9. The number of anilines is 4. The van der Waals surface area contributed by atoms with Crippen LogP contribution in [0, 0.1) is 0 Å². The van der Waals surface area contributed by atoms with Crippen molar-refractivity contribution >= 4 is 23.0 Å². The summed E-state index contributed by atoms with van der Waals surface area (Å²) in [6.45, 7) is 5.50. The minimum atomic E-state index is 0.779. The van der Waals surface area contributed by atoms with Crippen LogP contribution in [0.4, 0.5) is 23.0 Å². The Morgan fingerprint density at radius 3 is 2.52 bits per heavy atom. The molecule has 0 amide bonds. The van der Waals surface area contributed by atoms with Gasteiger partial charge in [-0.05, 0) is 24.3 Å². The van der Waals surface area contributed by atoms with Crippen LogP contribution >= 0.6 is 0 Å². The largest absolute Gasteiger partial charge is 0.379 e. The molecule has 1 aliphatic rings. The van der Waals surface area contributed by atoms with Gasteiger partial charge >= 0.3 is 0 Å². The summed E-state index contributed by atoms with van der Waals surface area (Å²) in [5.74, 6) is 1.61. The van der Waals surface area contributed by atoms with Crippen LogP contribution in [0.15, 0.2) is 36.7 Å². The summed E-state index contributed by atoms with van der Waals surface area (Å²) in [5.41, 5.74) is 2.17. The third kappa shape index (κ3) is 5.30. The van der Waals surface area contributed by atoms with Crippen molar-refractivity contribution < 1.29 is 4.74 Å². The number of rotatable bonds is 7. The summed E-state index contributed by atoms with van der Waals surface area (Å²) in [6, 6.07) is 10.2. The van der Waals surface area contributed by atoms with Gasteiger partial charge in [0.2, 0.25) is 0 Å². The molecule has 0 radical (unpaired) electrons. The summed E-state index contributed by atoms with van der Waals surface area (Å²) < 4.78 is 5.36. The predicted octanol–water partition coefficient (Wildman–Crippen LogP) is 2.03. The lowest BCUT2D eigenvalue weighted by Gasteiger charge is -2.26. The van der Waals surface area contributed by atoms with Gasteiger partial charge in [-0.25, -0.2) is 9.97 Å². The third-order valence-corrected chi connectivity index (χ3v) is 4.16. The molecule has 7 heteroatoms. The van der Waals surface area contributed by atoms with Crippen molar-refractivity contribution in [1.29, 1.82) is 0 Å². The van der Waals surface area contributed by atoms with Gasteiger partial charge in [-0.2, -0.15) is 0 Å². The molecule has 1 fully saturated rings. The Morgan fingerprint density at radius 2 is 1.80 bits per heavy atom. The predicted molar refractivity (Wildman–Crippen MR) is 102 cm³/mol. The maximum atomic E-state index is 5.36. The molecule has 0 unspecified atom stereocenters. The molecule has 0 saturated carbocycles. The number of hydrogen-bond acceptors (Lipinski definition) is 7. The van der Waals surface area contributed by atoms with Crippen LogP contribution in [0.3, 0.4) is 0 Å². The summed E-state index contributed by atoms with van der Waals surface area (Å²) in [6.07, 6.45) is 1.58. The van der Waals surface area contributed by atoms with Crippen LogP contribution in [0.5, 0.6) is 0 Å². The molecule has 2 N–H and O–H groups in total. The van der Waals surface area contributed by atoms with E-state index in [0.29, 0.717) is 0 Å². The molecule has 1 aliphatic heterocycles. The van der Waals surface area contributed by atoms with E-state index in [-0.39, 0.29) is 0 Å². The first kappa shape index (κ1) is 17.4. The first-order chi connectivity index (χ1) is 12.2. The molecule has 134 valence electrons. The summed E-state index contributed by atoms with van der Waals surface area (Å²) >= 11 is 0. The minimum Gasteiger partial charge on any atom is -0.379 e. The monoisotopic (exact) mass is 342 g/mol. The van der Waals surface area contributed by atoms with Gasteiger partial charge in [-0.3, -0.25) is 4.90 Å². The average molecular weight is 342 g/mol. The van der Waals surface area contributed by atoms with Gasteiger partial charge in [0.25, 0.3) is 0 Å². The molecule has 0 spiro atoms. The Labute approximate surface area is 149 Å². The molecular formula is C18H26N6O. The molecular weight excluding hydrogens is 316 g/mol. The Morgan fingerprint density at radius 1 is 1.08 bits per heavy atom. The zero-order chi connectivity index (χ0) is 17.5. The van der Waals surface area contributed by atoms with Gasteiger partial charge in [0.15, 0.2) is 0 Å². The number of benzene rings is 1. The van der Waals surface area contributed by atoms with Gasteiger partial charge < -0.3 is 20.3 Å². The summed E-state index contributed by atoms with van der Waals surface area (Å²) in [7, 11) is 4.06. The van der Waals surface area contributed by atoms with Gasteiger partial charge in [-0.1, -0.05) is 0 Å². The maximum Gasteiger partial charge on any atom is 0.135 e. The average Bonchev–Trinajstić information content (AvgIpc) is 2.63. The maximum absolute atomic E-state index is 5.36. The fourth-order valence-electron chi connectivity index (χ4n) is 2.68. The van der Waals surface area contributed by atoms with E-state index in [2.05, 4.69) is 42.5 Å². The van der Waals surface area contributed by atoms with E-state index >= 15 is 0 Å².